The lowest BCUT2D eigenvalue weighted by Crippen LogP contribution is -2.40. The van der Waals surface area contributed by atoms with E-state index in [1.54, 1.807) is 9.80 Å². The van der Waals surface area contributed by atoms with Crippen molar-refractivity contribution in [3.63, 3.8) is 0 Å². The number of carbonyl (C=O) groups is 2. The van der Waals surface area contributed by atoms with E-state index < -0.39 is 27.3 Å². The number of nitrogens with zero attached hydrogens (tertiary/aromatic N) is 6. The van der Waals surface area contributed by atoms with Gasteiger partial charge in [0.15, 0.2) is 0 Å². The van der Waals surface area contributed by atoms with Crippen LogP contribution in [0.2, 0.25) is 51.4 Å². The molecule has 2 aromatic heterocycles. The Hall–Kier alpha value is -1.73. The lowest BCUT2D eigenvalue weighted by atomic mass is 10.1. The van der Waals surface area contributed by atoms with Gasteiger partial charge in [0.05, 0.1) is 18.8 Å². The van der Waals surface area contributed by atoms with Crippen LogP contribution in [0.1, 0.15) is 64.1 Å². The summed E-state index contributed by atoms with van der Waals surface area (Å²) >= 11 is 7.14. The van der Waals surface area contributed by atoms with Crippen molar-refractivity contribution in [3.05, 3.63) is 31.7 Å². The number of ether oxygens (including phenoxy) is 4. The van der Waals surface area contributed by atoms with Crippen LogP contribution >= 0.6 is 31.9 Å². The fourth-order valence-corrected chi connectivity index (χ4v) is 7.65. The van der Waals surface area contributed by atoms with E-state index in [0.29, 0.717) is 39.6 Å². The lowest BCUT2D eigenvalue weighted by Gasteiger charge is -2.30. The summed E-state index contributed by atoms with van der Waals surface area (Å²) in [6, 6.07) is 2.28. The molecule has 4 rings (SSSR count). The molecule has 2 amide bonds. The van der Waals surface area contributed by atoms with E-state index in [1.165, 1.54) is 0 Å². The molecular weight excluding hydrogens is 804 g/mol. The molecule has 2 aliphatic heterocycles. The van der Waals surface area contributed by atoms with E-state index >= 15 is 0 Å². The zero-order chi connectivity index (χ0) is 37.7. The minimum atomic E-state index is -1.08. The summed E-state index contributed by atoms with van der Waals surface area (Å²) in [5.41, 5.74) is 3.29. The van der Waals surface area contributed by atoms with Crippen molar-refractivity contribution >= 4 is 60.2 Å². The fraction of sp³-hybridized carbons (Fsp3) is 0.765. The lowest BCUT2D eigenvalue weighted by molar-refractivity contribution is 0.0210. The molecule has 50 heavy (non-hydrogen) atoms. The Labute approximate surface area is 318 Å². The van der Waals surface area contributed by atoms with Crippen molar-refractivity contribution in [2.24, 2.45) is 0 Å². The maximum Gasteiger partial charge on any atom is 0.410 e. The predicted octanol–water partition coefficient (Wildman–Crippen LogP) is 8.50. The second-order valence-electron chi connectivity index (χ2n) is 17.4. The number of carbonyl (C=O) groups excluding carboxylic acids is 2. The van der Waals surface area contributed by atoms with Gasteiger partial charge in [0.2, 0.25) is 0 Å². The van der Waals surface area contributed by atoms with Crippen LogP contribution in [0, 0.1) is 0 Å². The molecule has 2 aliphatic rings. The van der Waals surface area contributed by atoms with Crippen molar-refractivity contribution in [2.45, 2.75) is 144 Å². The minimum absolute atomic E-state index is 0.274. The number of halogens is 2. The van der Waals surface area contributed by atoms with E-state index in [1.807, 2.05) is 50.9 Å². The van der Waals surface area contributed by atoms with Gasteiger partial charge in [-0.3, -0.25) is 0 Å². The monoisotopic (exact) mass is 862 g/mol. The molecule has 0 radical (unpaired) electrons. The number of hydrogen-bond donors (Lipinski definition) is 0. The molecular formula is C34H60Br2N6O6Si2. The first-order valence-electron chi connectivity index (χ1n) is 17.5. The van der Waals surface area contributed by atoms with Gasteiger partial charge in [0.1, 0.15) is 33.9 Å². The van der Waals surface area contributed by atoms with Crippen molar-refractivity contribution in [1.82, 2.24) is 29.4 Å². The van der Waals surface area contributed by atoms with Crippen LogP contribution in [0.5, 0.6) is 0 Å². The normalized spacial score (nSPS) is 15.2. The van der Waals surface area contributed by atoms with Crippen LogP contribution in [0.3, 0.4) is 0 Å². The number of fused-ring (bicyclic) bond motifs is 2. The highest BCUT2D eigenvalue weighted by Gasteiger charge is 2.31. The van der Waals surface area contributed by atoms with Gasteiger partial charge in [0.25, 0.3) is 0 Å². The Kier molecular flexibility index (Phi) is 14.9. The Morgan fingerprint density at radius 1 is 0.700 bits per heavy atom. The molecule has 4 heterocycles. The van der Waals surface area contributed by atoms with Crippen LogP contribution in [0.15, 0.2) is 9.21 Å². The molecule has 0 saturated heterocycles. The van der Waals surface area contributed by atoms with Gasteiger partial charge >= 0.3 is 12.2 Å². The molecule has 0 aromatic carbocycles. The van der Waals surface area contributed by atoms with Gasteiger partial charge in [-0.15, -0.1) is 0 Å². The Morgan fingerprint density at radius 2 is 1.16 bits per heavy atom. The first-order chi connectivity index (χ1) is 22.9. The van der Waals surface area contributed by atoms with Gasteiger partial charge in [-0.25, -0.2) is 19.0 Å². The molecule has 0 unspecified atom stereocenters. The largest absolute Gasteiger partial charge is 0.444 e. The predicted molar refractivity (Wildman–Crippen MR) is 209 cm³/mol. The summed E-state index contributed by atoms with van der Waals surface area (Å²) < 4.78 is 28.0. The van der Waals surface area contributed by atoms with Crippen LogP contribution in [-0.2, 0) is 58.3 Å². The Balaban J connectivity index is 0.000000270. The van der Waals surface area contributed by atoms with Gasteiger partial charge < -0.3 is 28.7 Å². The summed E-state index contributed by atoms with van der Waals surface area (Å²) in [5.74, 6) is 0. The van der Waals surface area contributed by atoms with E-state index in [9.17, 15) is 9.59 Å². The standard InChI is InChI=1S/2C17H30BrN3O3Si/c1-17(2,3)24-16(22)20-8-7-14-13(11-20)15(18)19-21(14)12-23-9-10-25(4,5)6;1-17(2,3)24-16(22)20-8-7-14-13(11-20)15(18)21(19-14)12-23-9-10-25(4,5)6/h2*7-12H2,1-6H3. The zero-order valence-electron chi connectivity index (χ0n) is 32.4. The summed E-state index contributed by atoms with van der Waals surface area (Å²) in [4.78, 5) is 28.0. The quantitative estimate of drug-likeness (QED) is 0.173. The van der Waals surface area contributed by atoms with Crippen LogP contribution in [0.25, 0.3) is 0 Å². The highest BCUT2D eigenvalue weighted by atomic mass is 79.9. The number of rotatable bonds is 10. The second kappa shape index (κ2) is 17.4. The van der Waals surface area contributed by atoms with E-state index in [0.717, 1.165) is 69.9 Å². The minimum Gasteiger partial charge on any atom is -0.444 e. The summed E-state index contributed by atoms with van der Waals surface area (Å²) in [5, 5.41) is 9.17. The van der Waals surface area contributed by atoms with Crippen LogP contribution in [0.4, 0.5) is 9.59 Å². The average molecular weight is 865 g/mol. The van der Waals surface area contributed by atoms with Crippen molar-refractivity contribution in [3.8, 4) is 0 Å². The van der Waals surface area contributed by atoms with Crippen LogP contribution in [-0.4, -0.2) is 95.2 Å². The molecule has 0 bridgehead atoms. The number of hydrogen-bond acceptors (Lipinski definition) is 8. The topological polar surface area (TPSA) is 113 Å². The summed E-state index contributed by atoms with van der Waals surface area (Å²) in [6.07, 6.45) is 0.938. The van der Waals surface area contributed by atoms with Gasteiger partial charge in [-0.05, 0) is 85.5 Å². The highest BCUT2D eigenvalue weighted by molar-refractivity contribution is 9.10. The summed E-state index contributed by atoms with van der Waals surface area (Å²) in [6.45, 7) is 30.0. The Bertz CT molecular complexity index is 1430. The smallest absolute Gasteiger partial charge is 0.410 e. The first-order valence-corrected chi connectivity index (χ1v) is 26.5. The molecule has 0 atom stereocenters. The third kappa shape index (κ3) is 14.0. The van der Waals surface area contributed by atoms with Crippen molar-refractivity contribution in [1.29, 1.82) is 0 Å². The second-order valence-corrected chi connectivity index (χ2v) is 30.2. The summed E-state index contributed by atoms with van der Waals surface area (Å²) in [7, 11) is -2.17. The third-order valence-corrected chi connectivity index (χ3v) is 12.8. The van der Waals surface area contributed by atoms with E-state index in [-0.39, 0.29) is 12.2 Å². The number of amides is 2. The SMILES string of the molecule is CC(C)(C)OC(=O)N1CCc2c(c(Br)nn2COCC[Si](C)(C)C)C1.CC(C)(C)OC(=O)N1CCc2nn(COCC[Si](C)(C)C)c(Br)c2C1. The average Bonchev–Trinajstić information content (AvgIpc) is 3.45. The molecule has 0 N–H and O–H groups in total. The third-order valence-electron chi connectivity index (χ3n) is 7.84. The molecule has 0 spiro atoms. The molecule has 2 aromatic rings. The molecule has 0 saturated carbocycles. The maximum absolute atomic E-state index is 12.3. The van der Waals surface area contributed by atoms with Crippen molar-refractivity contribution < 1.29 is 28.5 Å². The molecule has 12 nitrogen and oxygen atoms in total. The zero-order valence-corrected chi connectivity index (χ0v) is 37.5. The maximum atomic E-state index is 12.3. The highest BCUT2D eigenvalue weighted by Crippen LogP contribution is 2.29. The fourth-order valence-electron chi connectivity index (χ4n) is 5.06. The van der Waals surface area contributed by atoms with E-state index in [4.69, 9.17) is 18.9 Å². The van der Waals surface area contributed by atoms with Gasteiger partial charge in [-0.2, -0.15) is 10.2 Å². The molecule has 284 valence electrons. The molecule has 0 fully saturated rings. The Morgan fingerprint density at radius 3 is 1.64 bits per heavy atom. The van der Waals surface area contributed by atoms with E-state index in [2.05, 4.69) is 81.3 Å². The van der Waals surface area contributed by atoms with Gasteiger partial charge in [-0.1, -0.05) is 39.3 Å². The first kappa shape index (κ1) is 42.7. The molecule has 16 heteroatoms. The number of aromatic nitrogens is 4. The van der Waals surface area contributed by atoms with Gasteiger partial charge in [0, 0.05) is 72.1 Å². The van der Waals surface area contributed by atoms with Crippen molar-refractivity contribution in [2.75, 3.05) is 26.3 Å². The molecule has 0 aliphatic carbocycles. The van der Waals surface area contributed by atoms with Crippen LogP contribution < -0.4 is 0 Å².